The molecule has 0 unspecified atom stereocenters. The van der Waals surface area contributed by atoms with E-state index in [0.29, 0.717) is 58.8 Å². The minimum atomic E-state index is -4.82. The largest absolute Gasteiger partial charge is 0.573 e. The van der Waals surface area contributed by atoms with Crippen LogP contribution in [0.2, 0.25) is 0 Å². The number of aromatic nitrogens is 2. The number of benzene rings is 2. The number of Topliss-reactive ketones (excluding diaryl/α,β-unsaturated/α-hetero) is 1. The Morgan fingerprint density at radius 2 is 1.81 bits per heavy atom. The van der Waals surface area contributed by atoms with Gasteiger partial charge >= 0.3 is 12.4 Å². The van der Waals surface area contributed by atoms with Crippen molar-refractivity contribution in [3.8, 4) is 28.3 Å². The maximum Gasteiger partial charge on any atom is 0.573 e. The van der Waals surface area contributed by atoms with Crippen molar-refractivity contribution in [2.24, 2.45) is 0 Å². The number of ether oxygens (including phenoxy) is 1. The van der Waals surface area contributed by atoms with Gasteiger partial charge in [0.25, 0.3) is 0 Å². The lowest BCUT2D eigenvalue weighted by Crippen LogP contribution is -2.50. The van der Waals surface area contributed by atoms with Crippen molar-refractivity contribution in [3.05, 3.63) is 89.3 Å². The number of ketones is 1. The van der Waals surface area contributed by atoms with Crippen LogP contribution >= 0.6 is 0 Å². The molecule has 2 aromatic carbocycles. The van der Waals surface area contributed by atoms with Crippen LogP contribution in [0.25, 0.3) is 22.5 Å². The number of aryl methyl sites for hydroxylation is 1. The van der Waals surface area contributed by atoms with Gasteiger partial charge in [-0.15, -0.1) is 13.2 Å². The third-order valence-electron chi connectivity index (χ3n) is 6.94. The first-order chi connectivity index (χ1) is 20.4. The summed E-state index contributed by atoms with van der Waals surface area (Å²) in [5.41, 5.74) is 3.92. The van der Waals surface area contributed by atoms with Gasteiger partial charge in [-0.05, 0) is 73.7 Å². The Kier molecular flexibility index (Phi) is 8.25. The molecule has 0 radical (unpaired) electrons. The molecule has 0 saturated carbocycles. The Hall–Kier alpha value is -4.67. The first kappa shape index (κ1) is 29.8. The summed E-state index contributed by atoms with van der Waals surface area (Å²) >= 11 is 0. The van der Waals surface area contributed by atoms with Crippen molar-refractivity contribution >= 4 is 11.8 Å². The fraction of sp³-hybridized carbons (Fsp3) is 0.312. The average molecular weight is 593 g/mol. The number of nitrogens with one attached hydrogen (secondary N) is 1. The summed E-state index contributed by atoms with van der Waals surface area (Å²) in [7, 11) is 0. The summed E-state index contributed by atoms with van der Waals surface area (Å²) in [4.78, 5) is 32.5. The van der Waals surface area contributed by atoms with Gasteiger partial charge in [0.05, 0.1) is 5.69 Å². The highest BCUT2D eigenvalue weighted by atomic mass is 19.4. The van der Waals surface area contributed by atoms with E-state index < -0.39 is 11.9 Å². The lowest BCUT2D eigenvalue weighted by atomic mass is 9.85. The summed E-state index contributed by atoms with van der Waals surface area (Å²) in [6.07, 6.45) is -2.31. The number of pyridine rings is 1. The molecule has 0 aliphatic carbocycles. The summed E-state index contributed by atoms with van der Waals surface area (Å²) in [6.45, 7) is 6.21. The SMILES string of the molecule is CC(C)(C)NC(=O)N1CCc2c(-c3cccc(OC(F)(F)F)c3)ccc(C(=O)CCc3cc(-c4ccccn4)no3)c2C1. The van der Waals surface area contributed by atoms with E-state index in [1.165, 1.54) is 18.2 Å². The number of rotatable bonds is 7. The van der Waals surface area contributed by atoms with Crippen LogP contribution in [0.15, 0.2) is 71.4 Å². The van der Waals surface area contributed by atoms with Gasteiger partial charge in [-0.25, -0.2) is 4.79 Å². The second kappa shape index (κ2) is 11.9. The lowest BCUT2D eigenvalue weighted by molar-refractivity contribution is -0.274. The highest BCUT2D eigenvalue weighted by Gasteiger charge is 2.32. The van der Waals surface area contributed by atoms with Crippen LogP contribution in [0.1, 0.15) is 54.4 Å². The van der Waals surface area contributed by atoms with E-state index in [4.69, 9.17) is 4.52 Å². The molecule has 0 fully saturated rings. The topological polar surface area (TPSA) is 97.6 Å². The lowest BCUT2D eigenvalue weighted by Gasteiger charge is -2.34. The smallest absolute Gasteiger partial charge is 0.406 e. The van der Waals surface area contributed by atoms with E-state index in [9.17, 15) is 22.8 Å². The number of hydrogen-bond donors (Lipinski definition) is 1. The maximum atomic E-state index is 13.6. The van der Waals surface area contributed by atoms with Gasteiger partial charge in [0.1, 0.15) is 17.2 Å². The van der Waals surface area contributed by atoms with Gasteiger partial charge in [-0.1, -0.05) is 35.5 Å². The summed E-state index contributed by atoms with van der Waals surface area (Å²) in [5, 5.41) is 7.02. The fourth-order valence-electron chi connectivity index (χ4n) is 5.08. The van der Waals surface area contributed by atoms with Gasteiger partial charge in [0.15, 0.2) is 5.78 Å². The van der Waals surface area contributed by atoms with Crippen LogP contribution in [-0.2, 0) is 19.4 Å². The molecular weight excluding hydrogens is 561 g/mol. The van der Waals surface area contributed by atoms with Crippen molar-refractivity contribution in [1.29, 1.82) is 0 Å². The number of carbonyl (C=O) groups is 2. The second-order valence-electron chi connectivity index (χ2n) is 11.4. The number of hydrogen-bond acceptors (Lipinski definition) is 6. The van der Waals surface area contributed by atoms with Crippen LogP contribution < -0.4 is 10.1 Å². The molecule has 0 saturated heterocycles. The molecule has 8 nitrogen and oxygen atoms in total. The van der Waals surface area contributed by atoms with E-state index in [2.05, 4.69) is 20.2 Å². The van der Waals surface area contributed by atoms with Gasteiger partial charge in [-0.3, -0.25) is 9.78 Å². The van der Waals surface area contributed by atoms with E-state index in [1.807, 2.05) is 32.9 Å². The molecule has 11 heteroatoms. The third-order valence-corrected chi connectivity index (χ3v) is 6.94. The molecule has 43 heavy (non-hydrogen) atoms. The van der Waals surface area contributed by atoms with Gasteiger partial charge in [-0.2, -0.15) is 0 Å². The Bertz CT molecular complexity index is 1630. The van der Waals surface area contributed by atoms with E-state index in [-0.39, 0.29) is 30.5 Å². The first-order valence-corrected chi connectivity index (χ1v) is 13.8. The van der Waals surface area contributed by atoms with E-state index in [1.54, 1.807) is 41.4 Å². The number of halogens is 3. The zero-order valence-corrected chi connectivity index (χ0v) is 24.0. The summed E-state index contributed by atoms with van der Waals surface area (Å²) in [5.74, 6) is 0.0518. The van der Waals surface area contributed by atoms with Crippen molar-refractivity contribution in [2.45, 2.75) is 58.5 Å². The number of amides is 2. The van der Waals surface area contributed by atoms with Gasteiger partial charge in [0, 0.05) is 49.3 Å². The third kappa shape index (κ3) is 7.40. The fourth-order valence-corrected chi connectivity index (χ4v) is 5.08. The van der Waals surface area contributed by atoms with Crippen LogP contribution in [-0.4, -0.2) is 45.3 Å². The molecule has 1 aliphatic rings. The quantitative estimate of drug-likeness (QED) is 0.233. The highest BCUT2D eigenvalue weighted by Crippen LogP contribution is 2.36. The molecule has 1 aliphatic heterocycles. The molecule has 4 aromatic rings. The van der Waals surface area contributed by atoms with Gasteiger partial charge < -0.3 is 19.5 Å². The van der Waals surface area contributed by atoms with Crippen LogP contribution in [0.5, 0.6) is 5.75 Å². The van der Waals surface area contributed by atoms with Crippen molar-refractivity contribution in [2.75, 3.05) is 6.54 Å². The second-order valence-corrected chi connectivity index (χ2v) is 11.4. The number of carbonyl (C=O) groups excluding carboxylic acids is 2. The molecular formula is C32H31F3N4O4. The predicted molar refractivity (Wildman–Crippen MR) is 153 cm³/mol. The summed E-state index contributed by atoms with van der Waals surface area (Å²) in [6, 6.07) is 16.1. The first-order valence-electron chi connectivity index (χ1n) is 13.8. The van der Waals surface area contributed by atoms with Crippen LogP contribution in [0.3, 0.4) is 0 Å². The normalized spacial score (nSPS) is 13.4. The number of alkyl halides is 3. The zero-order chi connectivity index (χ0) is 30.8. The van der Waals surface area contributed by atoms with Crippen molar-refractivity contribution in [3.63, 3.8) is 0 Å². The molecule has 0 atom stereocenters. The monoisotopic (exact) mass is 592 g/mol. The van der Waals surface area contributed by atoms with Crippen molar-refractivity contribution in [1.82, 2.24) is 20.4 Å². The molecule has 2 amide bonds. The van der Waals surface area contributed by atoms with E-state index >= 15 is 0 Å². The Morgan fingerprint density at radius 1 is 1.00 bits per heavy atom. The zero-order valence-electron chi connectivity index (χ0n) is 24.0. The highest BCUT2D eigenvalue weighted by molar-refractivity contribution is 5.99. The Balaban J connectivity index is 1.44. The number of nitrogens with zero attached hydrogens (tertiary/aromatic N) is 3. The minimum absolute atomic E-state index is 0.131. The molecule has 5 rings (SSSR count). The van der Waals surface area contributed by atoms with Gasteiger partial charge in [0.2, 0.25) is 0 Å². The van der Waals surface area contributed by atoms with Crippen LogP contribution in [0.4, 0.5) is 18.0 Å². The Labute approximate surface area is 246 Å². The molecule has 0 bridgehead atoms. The number of fused-ring (bicyclic) bond motifs is 1. The standard InChI is InChI=1S/C32H31F3N4O4/c1-31(2,3)37-30(41)39-16-14-24-23(20-7-6-8-21(17-20)42-32(33,34)35)11-12-25(26(24)19-39)29(40)13-10-22-18-28(38-43-22)27-9-4-5-15-36-27/h4-9,11-12,15,17-18H,10,13-14,16,19H2,1-3H3,(H,37,41). The predicted octanol–water partition coefficient (Wildman–Crippen LogP) is 6.98. The molecule has 0 spiro atoms. The maximum absolute atomic E-state index is 13.6. The summed E-state index contributed by atoms with van der Waals surface area (Å²) < 4.78 is 48.3. The Morgan fingerprint density at radius 3 is 2.53 bits per heavy atom. The van der Waals surface area contributed by atoms with Crippen LogP contribution in [0, 0.1) is 0 Å². The minimum Gasteiger partial charge on any atom is -0.406 e. The van der Waals surface area contributed by atoms with Crippen molar-refractivity contribution < 1.29 is 32.0 Å². The average Bonchev–Trinajstić information content (AvgIpc) is 3.43. The molecule has 1 N–H and O–H groups in total. The molecule has 2 aromatic heterocycles. The van der Waals surface area contributed by atoms with E-state index in [0.717, 1.165) is 5.56 Å². The molecule has 224 valence electrons. The molecule has 3 heterocycles. The number of urea groups is 1.